The number of esters is 1. The van der Waals surface area contributed by atoms with E-state index in [4.69, 9.17) is 65.2 Å². The van der Waals surface area contributed by atoms with Crippen LogP contribution in [0.25, 0.3) is 0 Å². The van der Waals surface area contributed by atoms with E-state index in [0.29, 0.717) is 18.6 Å². The number of aliphatic hydroxyl groups is 9. The third-order valence-corrected chi connectivity index (χ3v) is 3.35. The number of para-hydroxylation sites is 1. The van der Waals surface area contributed by atoms with Crippen LogP contribution in [-0.4, -0.2) is 130 Å². The molecule has 0 aliphatic rings. The van der Waals surface area contributed by atoms with Gasteiger partial charge in [0.15, 0.2) is 6.61 Å². The third-order valence-electron chi connectivity index (χ3n) is 3.35. The summed E-state index contributed by atoms with van der Waals surface area (Å²) in [6.07, 6.45) is 1.87. The van der Waals surface area contributed by atoms with E-state index in [-0.39, 0.29) is 77.2 Å². The summed E-state index contributed by atoms with van der Waals surface area (Å²) in [4.78, 5) is 33.7. The standard InChI is InChI=1S/C20H26O6.9C2H6O/c1-6-7-13-20(14-23-18(21)15(2)3,26-25-19(22)16(4)5)24-17-11-9-8-10-12-17;9*1-2-3/h8-12H,2,4,6-7,13-14H2,1,3,5H3;9*3H,2H2,1H3. The van der Waals surface area contributed by atoms with Crippen LogP contribution in [0.5, 0.6) is 5.75 Å². The second-order valence-electron chi connectivity index (χ2n) is 8.87. The molecule has 1 unspecified atom stereocenters. The van der Waals surface area contributed by atoms with E-state index in [2.05, 4.69) is 13.2 Å². The van der Waals surface area contributed by atoms with Crippen LogP contribution in [-0.2, 0) is 24.1 Å². The van der Waals surface area contributed by atoms with Gasteiger partial charge in [0.05, 0.1) is 0 Å². The number of unbranched alkanes of at least 4 members (excludes halogenated alkanes) is 1. The maximum Gasteiger partial charge on any atom is 0.368 e. The highest BCUT2D eigenvalue weighted by molar-refractivity contribution is 5.87. The van der Waals surface area contributed by atoms with Crippen molar-refractivity contribution in [1.29, 1.82) is 0 Å². The monoisotopic (exact) mass is 777 g/mol. The lowest BCUT2D eigenvalue weighted by atomic mass is 10.1. The SMILES string of the molecule is C=C(C)C(=O)OCC(CCCC)(OOC(=O)C(=C)C)Oc1ccccc1.CCO.CCO.CCO.CCO.CCO.CCO.CCO.CCO.CCO. The van der Waals surface area contributed by atoms with Crippen molar-refractivity contribution in [1.82, 2.24) is 0 Å². The first-order valence-electron chi connectivity index (χ1n) is 17.6. The van der Waals surface area contributed by atoms with Gasteiger partial charge in [0.1, 0.15) is 5.75 Å². The quantitative estimate of drug-likeness (QED) is 0.0504. The number of hydrogen-bond acceptors (Lipinski definition) is 15. The Morgan fingerprint density at radius 3 is 1.13 bits per heavy atom. The Morgan fingerprint density at radius 2 is 0.868 bits per heavy atom. The molecule has 0 bridgehead atoms. The zero-order valence-electron chi connectivity index (χ0n) is 35.0. The summed E-state index contributed by atoms with van der Waals surface area (Å²) < 4.78 is 11.2. The zero-order valence-corrected chi connectivity index (χ0v) is 35.0. The van der Waals surface area contributed by atoms with Gasteiger partial charge in [-0.1, -0.05) is 44.7 Å². The van der Waals surface area contributed by atoms with Gasteiger partial charge in [0, 0.05) is 77.0 Å². The third kappa shape index (κ3) is 88.4. The number of carbonyl (C=O) groups excluding carboxylic acids is 2. The van der Waals surface area contributed by atoms with Gasteiger partial charge in [-0.05, 0) is 94.7 Å². The van der Waals surface area contributed by atoms with Crippen molar-refractivity contribution in [2.75, 3.05) is 66.1 Å². The van der Waals surface area contributed by atoms with Gasteiger partial charge in [0.2, 0.25) is 0 Å². The summed E-state index contributed by atoms with van der Waals surface area (Å²) in [7, 11) is 0. The lowest BCUT2D eigenvalue weighted by Crippen LogP contribution is -2.45. The highest BCUT2D eigenvalue weighted by atomic mass is 17.2. The van der Waals surface area contributed by atoms with Crippen molar-refractivity contribution in [2.24, 2.45) is 0 Å². The van der Waals surface area contributed by atoms with Gasteiger partial charge in [0.25, 0.3) is 5.79 Å². The van der Waals surface area contributed by atoms with Crippen LogP contribution in [0.15, 0.2) is 54.6 Å². The summed E-state index contributed by atoms with van der Waals surface area (Å²) in [5, 5.41) is 68.1. The van der Waals surface area contributed by atoms with Crippen molar-refractivity contribution < 1.29 is 74.8 Å². The molecule has 0 aromatic heterocycles. The first-order chi connectivity index (χ1) is 25.0. The maximum absolute atomic E-state index is 11.8. The highest BCUT2D eigenvalue weighted by Crippen LogP contribution is 2.26. The average molecular weight is 777 g/mol. The van der Waals surface area contributed by atoms with Crippen molar-refractivity contribution in [3.8, 4) is 5.75 Å². The molecule has 0 heterocycles. The van der Waals surface area contributed by atoms with E-state index < -0.39 is 17.7 Å². The molecule has 53 heavy (non-hydrogen) atoms. The fourth-order valence-electron chi connectivity index (χ4n) is 1.87. The van der Waals surface area contributed by atoms with E-state index in [1.54, 1.807) is 86.6 Å². The first kappa shape index (κ1) is 71.5. The largest absolute Gasteiger partial charge is 0.455 e. The van der Waals surface area contributed by atoms with Gasteiger partial charge in [-0.3, -0.25) is 4.89 Å². The van der Waals surface area contributed by atoms with E-state index in [1.807, 2.05) is 13.0 Å². The molecule has 1 atom stereocenters. The lowest BCUT2D eigenvalue weighted by Gasteiger charge is -2.31. The molecule has 0 saturated carbocycles. The van der Waals surface area contributed by atoms with Crippen LogP contribution < -0.4 is 4.74 Å². The number of hydrogen-bond donors (Lipinski definition) is 9. The minimum Gasteiger partial charge on any atom is -0.455 e. The zero-order chi connectivity index (χ0) is 43.9. The van der Waals surface area contributed by atoms with E-state index in [1.165, 1.54) is 13.8 Å². The second kappa shape index (κ2) is 70.6. The predicted molar refractivity (Wildman–Crippen MR) is 212 cm³/mol. The minimum atomic E-state index is -1.48. The molecule has 0 spiro atoms. The number of rotatable bonds is 11. The Kier molecular flexibility index (Phi) is 95.2. The predicted octanol–water partition coefficient (Wildman–Crippen LogP) is 4.11. The van der Waals surface area contributed by atoms with Gasteiger partial charge in [-0.25, -0.2) is 9.59 Å². The Labute approximate surface area is 321 Å². The van der Waals surface area contributed by atoms with E-state index >= 15 is 0 Å². The maximum atomic E-state index is 11.8. The van der Waals surface area contributed by atoms with Crippen LogP contribution >= 0.6 is 0 Å². The normalized spacial score (nSPS) is 9.23. The molecular weight excluding hydrogens is 696 g/mol. The summed E-state index contributed by atoms with van der Waals surface area (Å²) in [5.74, 6) is -2.30. The van der Waals surface area contributed by atoms with Crippen molar-refractivity contribution in [3.63, 3.8) is 0 Å². The Balaban J connectivity index is -0.0000000832. The fraction of sp³-hybridized carbons (Fsp3) is 0.684. The summed E-state index contributed by atoms with van der Waals surface area (Å²) in [5.41, 5.74) is 0.418. The van der Waals surface area contributed by atoms with Crippen LogP contribution in [0.2, 0.25) is 0 Å². The molecule has 1 aromatic rings. The molecule has 15 heteroatoms. The van der Waals surface area contributed by atoms with Crippen LogP contribution in [0, 0.1) is 0 Å². The molecule has 322 valence electrons. The molecule has 0 aliphatic carbocycles. The Bertz CT molecular complexity index is 735. The van der Waals surface area contributed by atoms with Gasteiger partial charge in [-0.2, -0.15) is 0 Å². The smallest absolute Gasteiger partial charge is 0.368 e. The molecule has 0 saturated heterocycles. The Morgan fingerprint density at radius 1 is 0.566 bits per heavy atom. The average Bonchev–Trinajstić information content (AvgIpc) is 3.09. The molecule has 1 aromatic carbocycles. The first-order valence-corrected chi connectivity index (χ1v) is 17.6. The molecule has 0 amide bonds. The van der Waals surface area contributed by atoms with E-state index in [9.17, 15) is 9.59 Å². The number of ether oxygens (including phenoxy) is 2. The van der Waals surface area contributed by atoms with E-state index in [0.717, 1.165) is 6.42 Å². The molecule has 0 radical (unpaired) electrons. The van der Waals surface area contributed by atoms with Gasteiger partial charge < -0.3 is 55.4 Å². The second-order valence-corrected chi connectivity index (χ2v) is 8.87. The minimum absolute atomic E-state index is 0.174. The lowest BCUT2D eigenvalue weighted by molar-refractivity contribution is -0.391. The van der Waals surface area contributed by atoms with Crippen LogP contribution in [0.3, 0.4) is 0 Å². The molecule has 15 nitrogen and oxygen atoms in total. The Hall–Kier alpha value is -2.96. The number of benzene rings is 1. The summed E-state index contributed by atoms with van der Waals surface area (Å²) in [6.45, 7) is 29.2. The van der Waals surface area contributed by atoms with Crippen molar-refractivity contribution in [2.45, 2.75) is 108 Å². The number of carbonyl (C=O) groups is 2. The molecular formula is C38H80O15. The van der Waals surface area contributed by atoms with Crippen molar-refractivity contribution in [3.05, 3.63) is 54.6 Å². The van der Waals surface area contributed by atoms with Crippen molar-refractivity contribution >= 4 is 11.9 Å². The summed E-state index contributed by atoms with van der Waals surface area (Å²) >= 11 is 0. The highest BCUT2D eigenvalue weighted by Gasteiger charge is 2.38. The van der Waals surface area contributed by atoms with Gasteiger partial charge in [-0.15, -0.1) is 4.89 Å². The molecule has 1 rings (SSSR count). The molecule has 0 aliphatic heterocycles. The molecule has 0 fully saturated rings. The molecule has 9 N–H and O–H groups in total. The van der Waals surface area contributed by atoms with Gasteiger partial charge >= 0.3 is 11.9 Å². The van der Waals surface area contributed by atoms with Crippen LogP contribution in [0.1, 0.15) is 102 Å². The summed E-state index contributed by atoms with van der Waals surface area (Å²) in [6, 6.07) is 8.87. The fourth-order valence-corrected chi connectivity index (χ4v) is 1.87. The van der Waals surface area contributed by atoms with Crippen LogP contribution in [0.4, 0.5) is 0 Å². The topological polar surface area (TPSA) is 253 Å². The number of aliphatic hydroxyl groups excluding tert-OH is 9.